The van der Waals surface area contributed by atoms with Gasteiger partial charge in [-0.15, -0.1) is 0 Å². The van der Waals surface area contributed by atoms with Gasteiger partial charge in [-0.1, -0.05) is 44.5 Å². The molecule has 1 aromatic carbocycles. The van der Waals surface area contributed by atoms with E-state index in [1.165, 1.54) is 0 Å². The fourth-order valence-electron chi connectivity index (χ4n) is 2.40. The zero-order valence-electron chi connectivity index (χ0n) is 12.5. The number of rotatable bonds is 5. The molecule has 112 valence electrons. The van der Waals surface area contributed by atoms with E-state index in [4.69, 9.17) is 11.6 Å². The summed E-state index contributed by atoms with van der Waals surface area (Å²) in [5.41, 5.74) is 1.96. The smallest absolute Gasteiger partial charge is 0.233 e. The van der Waals surface area contributed by atoms with Gasteiger partial charge in [-0.05, 0) is 30.0 Å². The zero-order valence-corrected chi connectivity index (χ0v) is 13.2. The number of hydrogen-bond donors (Lipinski definition) is 2. The number of nitrogens with one attached hydrogen (secondary N) is 2. The van der Waals surface area contributed by atoms with E-state index in [-0.39, 0.29) is 17.7 Å². The molecule has 21 heavy (non-hydrogen) atoms. The number of H-pyrrole nitrogens is 1. The van der Waals surface area contributed by atoms with Crippen LogP contribution in [-0.4, -0.2) is 16.1 Å². The highest BCUT2D eigenvalue weighted by Crippen LogP contribution is 2.27. The number of amides is 1. The summed E-state index contributed by atoms with van der Waals surface area (Å²) in [4.78, 5) is 12.6. The summed E-state index contributed by atoms with van der Waals surface area (Å²) >= 11 is 5.92. The molecule has 1 amide bonds. The van der Waals surface area contributed by atoms with Gasteiger partial charge in [0.05, 0.1) is 12.1 Å². The van der Waals surface area contributed by atoms with E-state index in [2.05, 4.69) is 15.5 Å². The molecular weight excluding hydrogens is 286 g/mol. The molecule has 4 nitrogen and oxygen atoms in total. The topological polar surface area (TPSA) is 57.8 Å². The first-order valence-corrected chi connectivity index (χ1v) is 7.49. The number of carbonyl (C=O) groups excluding carboxylic acids is 1. The van der Waals surface area contributed by atoms with Gasteiger partial charge in [0.15, 0.2) is 0 Å². The van der Waals surface area contributed by atoms with Gasteiger partial charge in [-0.3, -0.25) is 9.89 Å². The van der Waals surface area contributed by atoms with Gasteiger partial charge in [0.25, 0.3) is 0 Å². The van der Waals surface area contributed by atoms with Gasteiger partial charge in [-0.2, -0.15) is 5.10 Å². The van der Waals surface area contributed by atoms with Crippen molar-refractivity contribution in [1.82, 2.24) is 10.2 Å². The Morgan fingerprint density at radius 1 is 1.33 bits per heavy atom. The first kappa shape index (κ1) is 15.6. The van der Waals surface area contributed by atoms with E-state index in [0.717, 1.165) is 17.5 Å². The second-order valence-corrected chi connectivity index (χ2v) is 5.82. The van der Waals surface area contributed by atoms with E-state index < -0.39 is 0 Å². The predicted octanol–water partition coefficient (Wildman–Crippen LogP) is 4.00. The lowest BCUT2D eigenvalue weighted by atomic mass is 9.87. The molecule has 2 aromatic rings. The first-order valence-electron chi connectivity index (χ1n) is 7.11. The minimum atomic E-state index is -0.227. The molecule has 0 aliphatic rings. The Morgan fingerprint density at radius 3 is 2.57 bits per heavy atom. The van der Waals surface area contributed by atoms with E-state index in [0.29, 0.717) is 10.8 Å². The minimum absolute atomic E-state index is 0.0359. The Morgan fingerprint density at radius 2 is 2.00 bits per heavy atom. The average Bonchev–Trinajstić information content (AvgIpc) is 2.88. The van der Waals surface area contributed by atoms with E-state index in [1.807, 2.05) is 45.0 Å². The number of hydrogen-bond acceptors (Lipinski definition) is 2. The highest BCUT2D eigenvalue weighted by atomic mass is 35.5. The summed E-state index contributed by atoms with van der Waals surface area (Å²) in [6, 6.07) is 7.43. The Bertz CT molecular complexity index is 604. The number of aryl methyl sites for hydroxylation is 1. The Kier molecular flexibility index (Phi) is 5.02. The summed E-state index contributed by atoms with van der Waals surface area (Å²) in [7, 11) is 0. The van der Waals surface area contributed by atoms with Crippen LogP contribution in [0.5, 0.6) is 0 Å². The lowest BCUT2D eigenvalue weighted by Gasteiger charge is -2.20. The van der Waals surface area contributed by atoms with Crippen molar-refractivity contribution < 1.29 is 4.79 Å². The molecule has 5 heteroatoms. The van der Waals surface area contributed by atoms with Crippen LogP contribution < -0.4 is 5.32 Å². The van der Waals surface area contributed by atoms with Crippen LogP contribution in [0.25, 0.3) is 0 Å². The molecule has 1 atom stereocenters. The number of carbonyl (C=O) groups is 1. The number of benzene rings is 1. The maximum absolute atomic E-state index is 12.6. The van der Waals surface area contributed by atoms with E-state index >= 15 is 0 Å². The van der Waals surface area contributed by atoms with Crippen LogP contribution in [0.3, 0.4) is 0 Å². The van der Waals surface area contributed by atoms with E-state index in [9.17, 15) is 4.79 Å². The van der Waals surface area contributed by atoms with Crippen LogP contribution in [0.1, 0.15) is 37.8 Å². The molecule has 0 radical (unpaired) electrons. The van der Waals surface area contributed by atoms with Crippen molar-refractivity contribution in [2.75, 3.05) is 5.32 Å². The van der Waals surface area contributed by atoms with Crippen molar-refractivity contribution >= 4 is 23.3 Å². The second kappa shape index (κ2) is 6.76. The van der Waals surface area contributed by atoms with Crippen molar-refractivity contribution in [1.29, 1.82) is 0 Å². The summed E-state index contributed by atoms with van der Waals surface area (Å²) in [6.07, 6.45) is 2.56. The Balaban J connectivity index is 2.22. The fraction of sp³-hybridized carbons (Fsp3) is 0.375. The fourth-order valence-corrected chi connectivity index (χ4v) is 2.52. The van der Waals surface area contributed by atoms with Gasteiger partial charge < -0.3 is 5.32 Å². The van der Waals surface area contributed by atoms with Gasteiger partial charge >= 0.3 is 0 Å². The molecule has 2 N–H and O–H groups in total. The second-order valence-electron chi connectivity index (χ2n) is 5.39. The highest BCUT2D eigenvalue weighted by molar-refractivity contribution is 6.30. The monoisotopic (exact) mass is 305 g/mol. The minimum Gasteiger partial charge on any atom is -0.310 e. The third-order valence-electron chi connectivity index (χ3n) is 3.53. The summed E-state index contributed by atoms with van der Waals surface area (Å²) in [5.74, 6) is 0.600. The maximum Gasteiger partial charge on any atom is 0.233 e. The molecule has 2 rings (SSSR count). The zero-order chi connectivity index (χ0) is 15.4. The van der Waals surface area contributed by atoms with Crippen molar-refractivity contribution in [3.05, 3.63) is 46.6 Å². The Hall–Kier alpha value is -1.81. The number of aromatic nitrogens is 2. The molecule has 0 spiro atoms. The Labute approximate surface area is 129 Å². The molecule has 0 fully saturated rings. The summed E-state index contributed by atoms with van der Waals surface area (Å²) < 4.78 is 0. The molecule has 0 saturated carbocycles. The molecule has 0 saturated heterocycles. The summed E-state index contributed by atoms with van der Waals surface area (Å²) in [6.45, 7) is 6.10. The largest absolute Gasteiger partial charge is 0.310 e. The van der Waals surface area contributed by atoms with Crippen molar-refractivity contribution in [2.45, 2.75) is 33.1 Å². The average molecular weight is 306 g/mol. The quantitative estimate of drug-likeness (QED) is 0.877. The van der Waals surface area contributed by atoms with Crippen molar-refractivity contribution in [3.8, 4) is 0 Å². The summed E-state index contributed by atoms with van der Waals surface area (Å²) in [5, 5.41) is 10.4. The SMILES string of the molecule is CCc1cn[nH]c1NC(=O)C(c1ccc(Cl)cc1)C(C)C. The van der Waals surface area contributed by atoms with E-state index in [1.54, 1.807) is 6.20 Å². The van der Waals surface area contributed by atoms with Gasteiger partial charge in [0.2, 0.25) is 5.91 Å². The normalized spacial score (nSPS) is 12.4. The maximum atomic E-state index is 12.6. The molecule has 0 bridgehead atoms. The van der Waals surface area contributed by atoms with Gasteiger partial charge in [0, 0.05) is 10.6 Å². The molecule has 1 unspecified atom stereocenters. The third kappa shape index (κ3) is 3.64. The van der Waals surface area contributed by atoms with Gasteiger partial charge in [-0.25, -0.2) is 0 Å². The number of halogens is 1. The van der Waals surface area contributed by atoms with Crippen molar-refractivity contribution in [2.24, 2.45) is 5.92 Å². The number of anilines is 1. The third-order valence-corrected chi connectivity index (χ3v) is 3.78. The molecule has 1 aromatic heterocycles. The molecule has 0 aliphatic carbocycles. The van der Waals surface area contributed by atoms with Crippen molar-refractivity contribution in [3.63, 3.8) is 0 Å². The predicted molar refractivity (Wildman–Crippen MR) is 85.6 cm³/mol. The van der Waals surface area contributed by atoms with Crippen LogP contribution in [0.15, 0.2) is 30.5 Å². The molecule has 1 heterocycles. The number of aromatic amines is 1. The highest BCUT2D eigenvalue weighted by Gasteiger charge is 2.25. The molecular formula is C16H20ClN3O. The van der Waals surface area contributed by atoms with Crippen LogP contribution in [-0.2, 0) is 11.2 Å². The van der Waals surface area contributed by atoms with Crippen LogP contribution in [0.4, 0.5) is 5.82 Å². The van der Waals surface area contributed by atoms with Crippen LogP contribution in [0, 0.1) is 5.92 Å². The first-order chi connectivity index (χ1) is 10.0. The lowest BCUT2D eigenvalue weighted by molar-refractivity contribution is -0.118. The van der Waals surface area contributed by atoms with Crippen LogP contribution >= 0.6 is 11.6 Å². The number of nitrogens with zero attached hydrogens (tertiary/aromatic N) is 1. The van der Waals surface area contributed by atoms with Gasteiger partial charge in [0.1, 0.15) is 5.82 Å². The molecule has 0 aliphatic heterocycles. The van der Waals surface area contributed by atoms with Crippen LogP contribution in [0.2, 0.25) is 5.02 Å². The standard InChI is InChI=1S/C16H20ClN3O/c1-4-11-9-18-20-15(11)19-16(21)14(10(2)3)12-5-7-13(17)8-6-12/h5-10,14H,4H2,1-3H3,(H2,18,19,20,21). The lowest BCUT2D eigenvalue weighted by Crippen LogP contribution is -2.25.